The summed E-state index contributed by atoms with van der Waals surface area (Å²) in [6.07, 6.45) is -3.95. The molecule has 0 saturated carbocycles. The van der Waals surface area contributed by atoms with Crippen molar-refractivity contribution in [3.63, 3.8) is 0 Å². The first-order valence-electron chi connectivity index (χ1n) is 4.21. The Labute approximate surface area is 78.1 Å². The van der Waals surface area contributed by atoms with E-state index >= 15 is 0 Å². The predicted octanol–water partition coefficient (Wildman–Crippen LogP) is 0.789. The molecule has 1 aliphatic rings. The summed E-state index contributed by atoms with van der Waals surface area (Å²) in [6.45, 7) is 2.02. The van der Waals surface area contributed by atoms with Crippen LogP contribution in [0.4, 0.5) is 13.2 Å². The lowest BCUT2D eigenvalue weighted by molar-refractivity contribution is -0.148. The standard InChI is InChI=1S/C7H9F3N4/c1-4-2-5-12-13-6(7(8,9)10)14(5)3-11-4/h4,11H,2-3H2,1H3. The van der Waals surface area contributed by atoms with Crippen LogP contribution >= 0.6 is 0 Å². The quantitative estimate of drug-likeness (QED) is 0.682. The minimum absolute atomic E-state index is 0.123. The second kappa shape index (κ2) is 2.94. The summed E-state index contributed by atoms with van der Waals surface area (Å²) in [5, 5.41) is 9.60. The molecule has 0 spiro atoms. The Bertz CT molecular complexity index is 343. The van der Waals surface area contributed by atoms with Gasteiger partial charge in [0.1, 0.15) is 5.82 Å². The van der Waals surface area contributed by atoms with E-state index in [1.807, 2.05) is 6.92 Å². The van der Waals surface area contributed by atoms with E-state index in [2.05, 4.69) is 15.5 Å². The molecule has 1 N–H and O–H groups in total. The van der Waals surface area contributed by atoms with Gasteiger partial charge in [0.25, 0.3) is 0 Å². The van der Waals surface area contributed by atoms with Crippen molar-refractivity contribution in [1.29, 1.82) is 0 Å². The highest BCUT2D eigenvalue weighted by Crippen LogP contribution is 2.28. The lowest BCUT2D eigenvalue weighted by Crippen LogP contribution is -2.38. The third-order valence-corrected chi connectivity index (χ3v) is 2.17. The number of nitrogens with zero attached hydrogens (tertiary/aromatic N) is 3. The SMILES string of the molecule is CC1Cc2nnc(C(F)(F)F)n2CN1. The van der Waals surface area contributed by atoms with E-state index in [0.717, 1.165) is 4.57 Å². The Balaban J connectivity index is 2.38. The van der Waals surface area contributed by atoms with E-state index in [0.29, 0.717) is 12.2 Å². The molecule has 0 saturated heterocycles. The highest BCUT2D eigenvalue weighted by Gasteiger charge is 2.39. The van der Waals surface area contributed by atoms with Crippen LogP contribution in [-0.2, 0) is 19.3 Å². The monoisotopic (exact) mass is 206 g/mol. The van der Waals surface area contributed by atoms with Crippen LogP contribution in [0.1, 0.15) is 18.6 Å². The zero-order chi connectivity index (χ0) is 10.3. The van der Waals surface area contributed by atoms with E-state index < -0.39 is 12.0 Å². The molecule has 1 aromatic heterocycles. The summed E-state index contributed by atoms with van der Waals surface area (Å²) in [7, 11) is 0. The van der Waals surface area contributed by atoms with E-state index in [-0.39, 0.29) is 12.7 Å². The topological polar surface area (TPSA) is 42.7 Å². The highest BCUT2D eigenvalue weighted by atomic mass is 19.4. The molecule has 0 radical (unpaired) electrons. The van der Waals surface area contributed by atoms with Crippen molar-refractivity contribution in [2.45, 2.75) is 32.2 Å². The van der Waals surface area contributed by atoms with Gasteiger partial charge in [-0.05, 0) is 6.92 Å². The molecule has 2 heterocycles. The molecule has 78 valence electrons. The maximum Gasteiger partial charge on any atom is 0.451 e. The molecule has 1 atom stereocenters. The van der Waals surface area contributed by atoms with Gasteiger partial charge in [0.2, 0.25) is 5.82 Å². The van der Waals surface area contributed by atoms with Gasteiger partial charge in [-0.3, -0.25) is 9.88 Å². The van der Waals surface area contributed by atoms with Gasteiger partial charge in [0.15, 0.2) is 0 Å². The molecular weight excluding hydrogens is 197 g/mol. The first-order chi connectivity index (χ1) is 6.48. The molecular formula is C7H9F3N4. The summed E-state index contributed by atoms with van der Waals surface area (Å²) in [5.74, 6) is -0.532. The van der Waals surface area contributed by atoms with Gasteiger partial charge in [-0.25, -0.2) is 0 Å². The number of hydrogen-bond donors (Lipinski definition) is 1. The third-order valence-electron chi connectivity index (χ3n) is 2.17. The molecule has 14 heavy (non-hydrogen) atoms. The normalized spacial score (nSPS) is 22.1. The van der Waals surface area contributed by atoms with E-state index in [4.69, 9.17) is 0 Å². The van der Waals surface area contributed by atoms with Crippen LogP contribution < -0.4 is 5.32 Å². The number of fused-ring (bicyclic) bond motifs is 1. The van der Waals surface area contributed by atoms with Crippen molar-refractivity contribution >= 4 is 0 Å². The molecule has 0 aliphatic carbocycles. The van der Waals surface area contributed by atoms with Gasteiger partial charge in [0.05, 0.1) is 6.67 Å². The summed E-state index contributed by atoms with van der Waals surface area (Å²) in [4.78, 5) is 0. The fourth-order valence-electron chi connectivity index (χ4n) is 1.46. The lowest BCUT2D eigenvalue weighted by atomic mass is 10.2. The Kier molecular flexibility index (Phi) is 1.99. The van der Waals surface area contributed by atoms with Gasteiger partial charge in [-0.15, -0.1) is 10.2 Å². The van der Waals surface area contributed by atoms with Gasteiger partial charge in [-0.1, -0.05) is 0 Å². The second-order valence-corrected chi connectivity index (χ2v) is 3.33. The fraction of sp³-hybridized carbons (Fsp3) is 0.714. The first kappa shape index (κ1) is 9.45. The Morgan fingerprint density at radius 2 is 2.14 bits per heavy atom. The predicted molar refractivity (Wildman–Crippen MR) is 41.3 cm³/mol. The minimum atomic E-state index is -4.42. The van der Waals surface area contributed by atoms with E-state index in [1.165, 1.54) is 0 Å². The van der Waals surface area contributed by atoms with Crippen LogP contribution in [0.15, 0.2) is 0 Å². The zero-order valence-electron chi connectivity index (χ0n) is 7.47. The molecule has 0 fully saturated rings. The van der Waals surface area contributed by atoms with Crippen LogP contribution in [-0.4, -0.2) is 20.8 Å². The average Bonchev–Trinajstić information content (AvgIpc) is 2.45. The number of nitrogens with one attached hydrogen (secondary N) is 1. The maximum absolute atomic E-state index is 12.4. The van der Waals surface area contributed by atoms with Crippen LogP contribution in [0.2, 0.25) is 0 Å². The zero-order valence-corrected chi connectivity index (χ0v) is 7.47. The second-order valence-electron chi connectivity index (χ2n) is 3.33. The summed E-state index contributed by atoms with van der Waals surface area (Å²) in [6, 6.07) is 0.146. The van der Waals surface area contributed by atoms with Gasteiger partial charge in [0, 0.05) is 12.5 Å². The van der Waals surface area contributed by atoms with Crippen molar-refractivity contribution in [2.75, 3.05) is 0 Å². The van der Waals surface area contributed by atoms with E-state index in [9.17, 15) is 13.2 Å². The number of hydrogen-bond acceptors (Lipinski definition) is 3. The van der Waals surface area contributed by atoms with Crippen molar-refractivity contribution in [1.82, 2.24) is 20.1 Å². The molecule has 1 aliphatic heterocycles. The minimum Gasteiger partial charge on any atom is -0.297 e. The van der Waals surface area contributed by atoms with Crippen LogP contribution in [0.5, 0.6) is 0 Å². The Morgan fingerprint density at radius 1 is 1.43 bits per heavy atom. The molecule has 2 rings (SSSR count). The largest absolute Gasteiger partial charge is 0.451 e. The van der Waals surface area contributed by atoms with Gasteiger partial charge >= 0.3 is 6.18 Å². The Hall–Kier alpha value is -1.11. The summed E-state index contributed by atoms with van der Waals surface area (Å²) in [5.41, 5.74) is 0. The number of halogens is 3. The fourth-order valence-corrected chi connectivity index (χ4v) is 1.46. The average molecular weight is 206 g/mol. The van der Waals surface area contributed by atoms with Crippen molar-refractivity contribution in [3.05, 3.63) is 11.6 Å². The van der Waals surface area contributed by atoms with Crippen molar-refractivity contribution < 1.29 is 13.2 Å². The molecule has 0 aromatic carbocycles. The molecule has 1 unspecified atom stereocenters. The van der Waals surface area contributed by atoms with Crippen molar-refractivity contribution in [2.24, 2.45) is 0 Å². The molecule has 1 aromatic rings. The smallest absolute Gasteiger partial charge is 0.297 e. The number of alkyl halides is 3. The maximum atomic E-state index is 12.4. The number of aromatic nitrogens is 3. The highest BCUT2D eigenvalue weighted by molar-refractivity contribution is 5.03. The molecule has 0 bridgehead atoms. The summed E-state index contributed by atoms with van der Waals surface area (Å²) < 4.78 is 38.1. The summed E-state index contributed by atoms with van der Waals surface area (Å²) >= 11 is 0. The Morgan fingerprint density at radius 3 is 2.79 bits per heavy atom. The lowest BCUT2D eigenvalue weighted by Gasteiger charge is -2.22. The van der Waals surface area contributed by atoms with Gasteiger partial charge in [-0.2, -0.15) is 13.2 Å². The number of rotatable bonds is 0. The van der Waals surface area contributed by atoms with Gasteiger partial charge < -0.3 is 0 Å². The van der Waals surface area contributed by atoms with Crippen LogP contribution in [0, 0.1) is 0 Å². The molecule has 0 amide bonds. The van der Waals surface area contributed by atoms with E-state index in [1.54, 1.807) is 0 Å². The molecule has 7 heteroatoms. The van der Waals surface area contributed by atoms with Crippen molar-refractivity contribution in [3.8, 4) is 0 Å². The first-order valence-corrected chi connectivity index (χ1v) is 4.21. The van der Waals surface area contributed by atoms with Crippen LogP contribution in [0.25, 0.3) is 0 Å². The molecule has 4 nitrogen and oxygen atoms in total. The third kappa shape index (κ3) is 1.47. The van der Waals surface area contributed by atoms with Crippen LogP contribution in [0.3, 0.4) is 0 Å².